The van der Waals surface area contributed by atoms with Crippen LogP contribution in [-0.2, 0) is 20.7 Å². The van der Waals surface area contributed by atoms with Crippen LogP contribution in [0.4, 0.5) is 0 Å². The maximum atomic E-state index is 11.4. The summed E-state index contributed by atoms with van der Waals surface area (Å²) in [7, 11) is 3.07. The van der Waals surface area contributed by atoms with Gasteiger partial charge in [0.1, 0.15) is 12.7 Å². The van der Waals surface area contributed by atoms with Crippen LogP contribution in [0.3, 0.4) is 0 Å². The van der Waals surface area contributed by atoms with Crippen LogP contribution in [-0.4, -0.2) is 55.5 Å². The molecule has 1 atom stereocenters. The standard InChI is InChI=1S/C15H20O7/c1-20-13-4-3-10(7-14(13)21-2)5-6-22-15(19)8-11(17)12(18)9-16/h3-4,7,11,16-17H,5-6,8-9H2,1-2H3. The number of carbonyl (C=O) groups is 2. The number of rotatable bonds is 9. The minimum absolute atomic E-state index is 0.106. The number of ether oxygens (including phenoxy) is 3. The predicted molar refractivity (Wildman–Crippen MR) is 76.9 cm³/mol. The number of carbonyl (C=O) groups excluding carboxylic acids is 2. The van der Waals surface area contributed by atoms with Crippen molar-refractivity contribution in [3.63, 3.8) is 0 Å². The van der Waals surface area contributed by atoms with E-state index < -0.39 is 30.9 Å². The van der Waals surface area contributed by atoms with E-state index in [0.29, 0.717) is 17.9 Å². The molecule has 1 aromatic rings. The van der Waals surface area contributed by atoms with Crippen molar-refractivity contribution in [3.8, 4) is 11.5 Å². The molecule has 1 aromatic carbocycles. The molecule has 0 aliphatic rings. The molecule has 2 N–H and O–H groups in total. The number of esters is 1. The fourth-order valence-electron chi connectivity index (χ4n) is 1.75. The summed E-state index contributed by atoms with van der Waals surface area (Å²) >= 11 is 0. The molecule has 7 nitrogen and oxygen atoms in total. The second kappa shape index (κ2) is 9.01. The zero-order valence-electron chi connectivity index (χ0n) is 12.6. The third-order valence-electron chi connectivity index (χ3n) is 2.99. The highest BCUT2D eigenvalue weighted by Gasteiger charge is 2.18. The molecule has 0 bridgehead atoms. The lowest BCUT2D eigenvalue weighted by Crippen LogP contribution is -2.27. The van der Waals surface area contributed by atoms with Gasteiger partial charge in [-0.3, -0.25) is 9.59 Å². The van der Waals surface area contributed by atoms with Crippen LogP contribution < -0.4 is 9.47 Å². The Morgan fingerprint density at radius 2 is 1.86 bits per heavy atom. The molecular weight excluding hydrogens is 292 g/mol. The molecule has 0 aliphatic carbocycles. The van der Waals surface area contributed by atoms with Gasteiger partial charge in [0, 0.05) is 6.42 Å². The maximum absolute atomic E-state index is 11.4. The van der Waals surface area contributed by atoms with Crippen molar-refractivity contribution in [1.29, 1.82) is 0 Å². The average Bonchev–Trinajstić information content (AvgIpc) is 2.53. The lowest BCUT2D eigenvalue weighted by Gasteiger charge is -2.10. The number of hydrogen-bond donors (Lipinski definition) is 2. The van der Waals surface area contributed by atoms with Crippen molar-refractivity contribution < 1.29 is 34.0 Å². The van der Waals surface area contributed by atoms with E-state index in [4.69, 9.17) is 19.3 Å². The molecule has 1 unspecified atom stereocenters. The number of ketones is 1. The first kappa shape index (κ1) is 17.9. The Bertz CT molecular complexity index is 513. The van der Waals surface area contributed by atoms with Crippen LogP contribution in [0.2, 0.25) is 0 Å². The topological polar surface area (TPSA) is 102 Å². The summed E-state index contributed by atoms with van der Waals surface area (Å²) in [5.74, 6) is -0.323. The largest absolute Gasteiger partial charge is 0.493 e. The van der Waals surface area contributed by atoms with E-state index in [-0.39, 0.29) is 6.61 Å². The van der Waals surface area contributed by atoms with Crippen molar-refractivity contribution in [2.24, 2.45) is 0 Å². The van der Waals surface area contributed by atoms with Gasteiger partial charge in [-0.2, -0.15) is 0 Å². The summed E-state index contributed by atoms with van der Waals surface area (Å²) in [4.78, 5) is 22.4. The molecule has 0 saturated carbocycles. The third kappa shape index (κ3) is 5.34. The van der Waals surface area contributed by atoms with Crippen LogP contribution >= 0.6 is 0 Å². The molecule has 0 aliphatic heterocycles. The third-order valence-corrected chi connectivity index (χ3v) is 2.99. The highest BCUT2D eigenvalue weighted by atomic mass is 16.5. The van der Waals surface area contributed by atoms with Gasteiger partial charge in [-0.15, -0.1) is 0 Å². The SMILES string of the molecule is COc1ccc(CCOC(=O)CC(O)C(=O)CO)cc1OC. The summed E-state index contributed by atoms with van der Waals surface area (Å²) in [5, 5.41) is 17.8. The molecule has 0 radical (unpaired) electrons. The first-order valence-electron chi connectivity index (χ1n) is 6.70. The lowest BCUT2D eigenvalue weighted by molar-refractivity contribution is -0.149. The normalized spacial score (nSPS) is 11.6. The van der Waals surface area contributed by atoms with Gasteiger partial charge in [0.25, 0.3) is 0 Å². The Morgan fingerprint density at radius 1 is 1.18 bits per heavy atom. The molecule has 0 saturated heterocycles. The van der Waals surface area contributed by atoms with Crippen molar-refractivity contribution in [3.05, 3.63) is 23.8 Å². The molecule has 0 aromatic heterocycles. The Morgan fingerprint density at radius 3 is 2.45 bits per heavy atom. The van der Waals surface area contributed by atoms with Crippen LogP contribution in [0.25, 0.3) is 0 Å². The summed E-state index contributed by atoms with van der Waals surface area (Å²) in [5.41, 5.74) is 0.887. The van der Waals surface area contributed by atoms with E-state index in [9.17, 15) is 14.7 Å². The number of hydrogen-bond acceptors (Lipinski definition) is 7. The van der Waals surface area contributed by atoms with Crippen LogP contribution in [0.15, 0.2) is 18.2 Å². The molecular formula is C15H20O7. The first-order chi connectivity index (χ1) is 10.5. The van der Waals surface area contributed by atoms with Crippen LogP contribution in [0.1, 0.15) is 12.0 Å². The van der Waals surface area contributed by atoms with E-state index >= 15 is 0 Å². The average molecular weight is 312 g/mol. The molecule has 22 heavy (non-hydrogen) atoms. The number of benzene rings is 1. The number of aliphatic hydroxyl groups is 2. The quantitative estimate of drug-likeness (QED) is 0.623. The van der Waals surface area contributed by atoms with Crippen molar-refractivity contribution in [1.82, 2.24) is 0 Å². The molecule has 0 spiro atoms. The Balaban J connectivity index is 2.44. The predicted octanol–water partition coefficient (Wildman–Crippen LogP) is 0.102. The van der Waals surface area contributed by atoms with Crippen LogP contribution in [0.5, 0.6) is 11.5 Å². The van der Waals surface area contributed by atoms with Crippen molar-refractivity contribution in [2.75, 3.05) is 27.4 Å². The molecule has 0 amide bonds. The lowest BCUT2D eigenvalue weighted by atomic mass is 10.1. The highest BCUT2D eigenvalue weighted by molar-refractivity contribution is 5.87. The number of aliphatic hydroxyl groups excluding tert-OH is 2. The fraction of sp³-hybridized carbons (Fsp3) is 0.467. The van der Waals surface area contributed by atoms with E-state index in [2.05, 4.69) is 0 Å². The van der Waals surface area contributed by atoms with Crippen molar-refractivity contribution >= 4 is 11.8 Å². The van der Waals surface area contributed by atoms with Gasteiger partial charge in [-0.25, -0.2) is 0 Å². The van der Waals surface area contributed by atoms with Gasteiger partial charge >= 0.3 is 5.97 Å². The maximum Gasteiger partial charge on any atom is 0.308 e. The molecule has 0 heterocycles. The minimum Gasteiger partial charge on any atom is -0.493 e. The summed E-state index contributed by atoms with van der Waals surface area (Å²) in [6.45, 7) is -0.700. The minimum atomic E-state index is -1.53. The summed E-state index contributed by atoms with van der Waals surface area (Å²) in [6, 6.07) is 5.34. The van der Waals surface area contributed by atoms with Gasteiger partial charge in [0.15, 0.2) is 17.3 Å². The van der Waals surface area contributed by atoms with Gasteiger partial charge in [-0.05, 0) is 17.7 Å². The van der Waals surface area contributed by atoms with Gasteiger partial charge in [0.05, 0.1) is 27.2 Å². The van der Waals surface area contributed by atoms with E-state index in [0.717, 1.165) is 5.56 Å². The summed E-state index contributed by atoms with van der Waals surface area (Å²) < 4.78 is 15.2. The Kier molecular flexibility index (Phi) is 7.34. The Labute approximate surface area is 128 Å². The van der Waals surface area contributed by atoms with Crippen molar-refractivity contribution in [2.45, 2.75) is 18.9 Å². The first-order valence-corrected chi connectivity index (χ1v) is 6.70. The molecule has 7 heteroatoms. The summed E-state index contributed by atoms with van der Waals surface area (Å²) in [6.07, 6.45) is -1.54. The number of Topliss-reactive ketones (excluding diaryl/α,β-unsaturated/α-hetero) is 1. The van der Waals surface area contributed by atoms with Gasteiger partial charge in [0.2, 0.25) is 0 Å². The highest BCUT2D eigenvalue weighted by Crippen LogP contribution is 2.27. The van der Waals surface area contributed by atoms with Gasteiger partial charge in [-0.1, -0.05) is 6.07 Å². The zero-order chi connectivity index (χ0) is 16.5. The molecule has 1 rings (SSSR count). The van der Waals surface area contributed by atoms with Gasteiger partial charge < -0.3 is 24.4 Å². The van der Waals surface area contributed by atoms with E-state index in [1.54, 1.807) is 12.1 Å². The monoisotopic (exact) mass is 312 g/mol. The van der Waals surface area contributed by atoms with E-state index in [1.165, 1.54) is 14.2 Å². The van der Waals surface area contributed by atoms with E-state index in [1.807, 2.05) is 6.07 Å². The molecule has 122 valence electrons. The second-order valence-corrected chi connectivity index (χ2v) is 4.50. The van der Waals surface area contributed by atoms with Crippen LogP contribution in [0, 0.1) is 0 Å². The zero-order valence-corrected chi connectivity index (χ0v) is 12.6. The Hall–Kier alpha value is -2.12. The second-order valence-electron chi connectivity index (χ2n) is 4.50. The fourth-order valence-corrected chi connectivity index (χ4v) is 1.75. The molecule has 0 fully saturated rings. The number of methoxy groups -OCH3 is 2. The smallest absolute Gasteiger partial charge is 0.308 e.